The molecule has 5 aliphatic heterocycles. The molecule has 22 nitrogen and oxygen atoms in total. The summed E-state index contributed by atoms with van der Waals surface area (Å²) >= 11 is 0. The van der Waals surface area contributed by atoms with Crippen molar-refractivity contribution >= 4 is 58.0 Å². The first kappa shape index (κ1) is 107. The summed E-state index contributed by atoms with van der Waals surface area (Å²) in [7, 11) is 17.9. The van der Waals surface area contributed by atoms with Crippen molar-refractivity contribution in [2.75, 3.05) is 170 Å². The molecule has 0 spiro atoms. The zero-order chi connectivity index (χ0) is 101. The van der Waals surface area contributed by atoms with E-state index in [0.717, 1.165) is 108 Å². The van der Waals surface area contributed by atoms with E-state index in [2.05, 4.69) is 0 Å². The van der Waals surface area contributed by atoms with Gasteiger partial charge in [0, 0.05) is 145 Å². The van der Waals surface area contributed by atoms with Crippen molar-refractivity contribution in [3.63, 3.8) is 0 Å². The van der Waals surface area contributed by atoms with Crippen LogP contribution < -0.4 is 5.73 Å². The lowest BCUT2D eigenvalue weighted by molar-refractivity contribution is 0.0237. The second kappa shape index (κ2) is 48.0. The third kappa shape index (κ3) is 24.0. The van der Waals surface area contributed by atoms with E-state index >= 15 is 0 Å². The highest BCUT2D eigenvalue weighted by molar-refractivity contribution is 5.88. The number of hydrogen-bond donors (Lipinski definition) is 4. The summed E-state index contributed by atoms with van der Waals surface area (Å²) in [6.07, 6.45) is 8.69. The maximum atomic E-state index is 14.5. The highest BCUT2D eigenvalue weighted by Crippen LogP contribution is 2.48. The predicted octanol–water partition coefficient (Wildman–Crippen LogP) is 17.8. The molecule has 5 unspecified atom stereocenters. The van der Waals surface area contributed by atoms with Crippen LogP contribution in [0.5, 0.6) is 0 Å². The van der Waals surface area contributed by atoms with Crippen molar-refractivity contribution < 1.29 is 97.4 Å². The Morgan fingerprint density at radius 2 is 0.496 bits per heavy atom. The van der Waals surface area contributed by atoms with Gasteiger partial charge in [-0.05, 0) is 177 Å². The average Bonchev–Trinajstić information content (AvgIpc) is 1.62. The molecule has 5 aliphatic rings. The molecule has 0 saturated heterocycles. The van der Waals surface area contributed by atoms with Crippen LogP contribution in [-0.2, 0) is 41.9 Å². The van der Waals surface area contributed by atoms with Gasteiger partial charge in [0.25, 0.3) is 0 Å². The SMILES string of the molecule is CC.CN(C)C(=O)N1CC(c2cc(F)ccc2F)=CC1(CO)c1ccccc1.CN(C)C(=O)N1CC(c2cc(F)ccc2F)=CC1(CO)c1ccccc1.CN(C)C(=O)N1CC(c2cc(F)ccc2F)=CC1(COCCN)c1ccccc1.CN(C)C(=O)N1CC(c2cc(F)ccc2F)=CC1(COCCO)c1ccccc1.COCC1(c2ccccc2)C=C(c2cc(F)ccc2F)CN1C(=O)N(C)C. The number of aliphatic hydroxyl groups excluding tert-OH is 3. The maximum absolute atomic E-state index is 14.5. The van der Waals surface area contributed by atoms with E-state index in [0.29, 0.717) is 52.1 Å². The lowest BCUT2D eigenvalue weighted by Crippen LogP contribution is -2.52. The molecule has 0 radical (unpaired) electrons. The third-order valence-electron chi connectivity index (χ3n) is 23.9. The van der Waals surface area contributed by atoms with Gasteiger partial charge in [-0.15, -0.1) is 0 Å². The Morgan fingerprint density at radius 1 is 0.302 bits per heavy atom. The minimum atomic E-state index is -1.14. The summed E-state index contributed by atoms with van der Waals surface area (Å²) in [5.41, 5.74) is 7.28. The number of carbonyl (C=O) groups is 5. The van der Waals surface area contributed by atoms with Gasteiger partial charge in [-0.25, -0.2) is 67.9 Å². The molecule has 5 atom stereocenters. The Balaban J connectivity index is 0.000000178. The number of benzene rings is 10. The summed E-state index contributed by atoms with van der Waals surface area (Å²) in [6, 6.07) is 61.1. The number of halogens is 10. The standard InChI is InChI=1S/C22H25F2N3O2.C22H24F2N2O3.C21H22F2N2O2.2C20H20F2N2O2.C2H6/c1-26(2)21(28)27-14-16(19-12-18(23)8-9-20(19)24)13-22(27,15-29-11-10-25)17-6-4-3-5-7-17;1-25(2)21(28)26-14-16(19-12-18(23)8-9-20(19)24)13-22(26,15-29-11-10-27)17-6-4-3-5-7-17;1-24(2)20(26)25-13-15(18-11-17(22)9-10-19(18)23)12-21(25,14-27-3)16-7-5-4-6-8-16;2*1-23(2)19(26)24-12-14(17-10-16(21)8-9-18(17)22)11-20(24,13-25)15-6-4-3-5-7-15;1-2/h3-9,12-13H,10-11,14-15,25H2,1-2H3;3-9,12-13,27H,10-11,14-15H2,1-2H3;4-12H,13-14H2,1-3H3;2*3-11,25H,12-13H2,1-2H3;1-2H3. The van der Waals surface area contributed by atoms with Gasteiger partial charge < -0.3 is 84.3 Å². The Labute approximate surface area is 804 Å². The fourth-order valence-corrected chi connectivity index (χ4v) is 17.3. The molecule has 32 heteroatoms. The minimum absolute atomic E-state index is 0.0623. The van der Waals surface area contributed by atoms with Gasteiger partial charge >= 0.3 is 30.2 Å². The van der Waals surface area contributed by atoms with Crippen molar-refractivity contribution in [1.82, 2.24) is 49.0 Å². The molecule has 5 N–H and O–H groups in total. The van der Waals surface area contributed by atoms with Gasteiger partial charge in [0.05, 0.1) is 52.9 Å². The van der Waals surface area contributed by atoms with Gasteiger partial charge in [0.2, 0.25) is 0 Å². The largest absolute Gasteiger partial charge is 0.394 e. The van der Waals surface area contributed by atoms with E-state index in [1.165, 1.54) is 34.3 Å². The number of methoxy groups -OCH3 is 1. The molecule has 15 rings (SSSR count). The quantitative estimate of drug-likeness (QED) is 0.0367. The highest BCUT2D eigenvalue weighted by atomic mass is 19.2. The van der Waals surface area contributed by atoms with Crippen molar-refractivity contribution in [3.05, 3.63) is 387 Å². The Kier molecular flexibility index (Phi) is 37.1. The number of urea groups is 5. The van der Waals surface area contributed by atoms with Crippen LogP contribution in [0.2, 0.25) is 0 Å². The van der Waals surface area contributed by atoms with Gasteiger partial charge in [-0.3, -0.25) is 0 Å². The smallest absolute Gasteiger partial charge is 0.320 e. The zero-order valence-corrected chi connectivity index (χ0v) is 79.8. The Bertz CT molecular complexity index is 5780. The first-order valence-corrected chi connectivity index (χ1v) is 44.7. The number of carbonyl (C=O) groups excluding carboxylic acids is 5. The first-order valence-electron chi connectivity index (χ1n) is 44.7. The number of nitrogens with two attached hydrogens (primary N) is 1. The van der Waals surface area contributed by atoms with E-state index in [-0.39, 0.29) is 137 Å². The molecule has 139 heavy (non-hydrogen) atoms. The summed E-state index contributed by atoms with van der Waals surface area (Å²) in [4.78, 5) is 79.5. The van der Waals surface area contributed by atoms with Gasteiger partial charge in [0.1, 0.15) is 85.9 Å². The number of amides is 10. The van der Waals surface area contributed by atoms with Gasteiger partial charge in [0.15, 0.2) is 0 Å². The summed E-state index contributed by atoms with van der Waals surface area (Å²) < 4.78 is 158. The summed E-state index contributed by atoms with van der Waals surface area (Å²) in [5.74, 6) is -5.51. The zero-order valence-electron chi connectivity index (χ0n) is 79.8. The number of nitrogens with zero attached hydrogens (tertiary/aromatic N) is 10. The van der Waals surface area contributed by atoms with Crippen LogP contribution >= 0.6 is 0 Å². The Morgan fingerprint density at radius 3 is 0.691 bits per heavy atom. The molecule has 0 aliphatic carbocycles. The van der Waals surface area contributed by atoms with E-state index < -0.39 is 85.9 Å². The Hall–Kier alpha value is -13.7. The molecule has 736 valence electrons. The lowest BCUT2D eigenvalue weighted by atomic mass is 9.89. The molecule has 0 bridgehead atoms. The number of hydrogen-bond acceptors (Lipinski definition) is 12. The number of ether oxygens (including phenoxy) is 3. The molecule has 0 fully saturated rings. The fourth-order valence-electron chi connectivity index (χ4n) is 17.3. The molecular weight excluding hydrogens is 1810 g/mol. The van der Waals surface area contributed by atoms with Crippen molar-refractivity contribution in [2.24, 2.45) is 5.73 Å². The molecule has 10 aromatic carbocycles. The minimum Gasteiger partial charge on any atom is -0.394 e. The van der Waals surface area contributed by atoms with Crippen molar-refractivity contribution in [1.29, 1.82) is 0 Å². The monoisotopic (exact) mass is 1920 g/mol. The normalized spacial score (nSPS) is 18.8. The van der Waals surface area contributed by atoms with Crippen LogP contribution in [0.4, 0.5) is 67.9 Å². The van der Waals surface area contributed by atoms with Crippen LogP contribution in [0, 0.1) is 58.2 Å². The van der Waals surface area contributed by atoms with Crippen LogP contribution in [0.3, 0.4) is 0 Å². The average molecular weight is 1920 g/mol. The molecule has 10 aromatic rings. The van der Waals surface area contributed by atoms with Crippen LogP contribution in [0.25, 0.3) is 27.9 Å². The number of rotatable bonds is 22. The van der Waals surface area contributed by atoms with Gasteiger partial charge in [-0.1, -0.05) is 166 Å². The molecule has 5 heterocycles. The molecular formula is C107H117F10N11O11. The fraction of sp³-hybridized carbons (Fsp3) is 0.299. The first-order chi connectivity index (χ1) is 66.4. The molecule has 0 saturated carbocycles. The van der Waals surface area contributed by atoms with E-state index in [4.69, 9.17) is 25.1 Å². The van der Waals surface area contributed by atoms with E-state index in [1.807, 2.05) is 123 Å². The number of aliphatic hydroxyl groups is 3. The third-order valence-corrected chi connectivity index (χ3v) is 23.9. The second-order valence-corrected chi connectivity index (χ2v) is 34.1. The van der Waals surface area contributed by atoms with Crippen molar-refractivity contribution in [2.45, 2.75) is 41.5 Å². The second-order valence-electron chi connectivity index (χ2n) is 34.1. The summed E-state index contributed by atoms with van der Waals surface area (Å²) in [5, 5.41) is 29.6. The maximum Gasteiger partial charge on any atom is 0.320 e. The topological polar surface area (TPSA) is 232 Å². The van der Waals surface area contributed by atoms with Crippen LogP contribution in [0.15, 0.2) is 273 Å². The van der Waals surface area contributed by atoms with Gasteiger partial charge in [-0.2, -0.15) is 0 Å². The highest BCUT2D eigenvalue weighted by Gasteiger charge is 2.52. The van der Waals surface area contributed by atoms with Crippen LogP contribution in [-0.4, -0.2) is 264 Å². The molecule has 10 amide bonds. The van der Waals surface area contributed by atoms with E-state index in [9.17, 15) is 78.1 Å². The predicted molar refractivity (Wildman–Crippen MR) is 516 cm³/mol. The van der Waals surface area contributed by atoms with E-state index in [1.54, 1.807) is 165 Å². The molecule has 0 aromatic heterocycles. The summed E-state index contributed by atoms with van der Waals surface area (Å²) in [6.45, 7) is 4.72. The lowest BCUT2D eigenvalue weighted by Gasteiger charge is -2.39. The van der Waals surface area contributed by atoms with Crippen LogP contribution in [0.1, 0.15) is 69.5 Å². The van der Waals surface area contributed by atoms with Crippen molar-refractivity contribution in [3.8, 4) is 0 Å².